The maximum atomic E-state index is 8.85. The highest BCUT2D eigenvalue weighted by Crippen LogP contribution is 2.13. The Bertz CT molecular complexity index is 200. The van der Waals surface area contributed by atoms with Gasteiger partial charge in [-0.3, -0.25) is 5.84 Å². The third kappa shape index (κ3) is 1.33. The minimum Gasteiger partial charge on any atom is -0.508 e. The Labute approximate surface area is 53.1 Å². The summed E-state index contributed by atoms with van der Waals surface area (Å²) < 4.78 is 0. The average molecular weight is 124 g/mol. The van der Waals surface area contributed by atoms with Crippen LogP contribution in [0.5, 0.6) is 5.75 Å². The molecule has 0 aliphatic carbocycles. The van der Waals surface area contributed by atoms with Crippen molar-refractivity contribution < 1.29 is 5.11 Å². The summed E-state index contributed by atoms with van der Waals surface area (Å²) in [5, 5.41) is 8.85. The number of hydrazine groups is 1. The highest BCUT2D eigenvalue weighted by atomic mass is 16.3. The van der Waals surface area contributed by atoms with E-state index in [9.17, 15) is 0 Å². The number of anilines is 1. The van der Waals surface area contributed by atoms with Gasteiger partial charge >= 0.3 is 0 Å². The van der Waals surface area contributed by atoms with Crippen molar-refractivity contribution in [2.24, 2.45) is 5.84 Å². The Balaban J connectivity index is 2.94. The van der Waals surface area contributed by atoms with Gasteiger partial charge in [0, 0.05) is 6.07 Å². The number of rotatable bonds is 1. The standard InChI is InChI=1S/C6H8N2O/c7-8-5-2-1-3-6(9)4-5/h1-4,8-9H,7H2. The molecule has 1 aromatic carbocycles. The van der Waals surface area contributed by atoms with Gasteiger partial charge in [0.2, 0.25) is 0 Å². The summed E-state index contributed by atoms with van der Waals surface area (Å²) in [6.45, 7) is 0. The van der Waals surface area contributed by atoms with E-state index in [0.29, 0.717) is 5.69 Å². The molecule has 0 saturated heterocycles. The smallest absolute Gasteiger partial charge is 0.117 e. The fraction of sp³-hybridized carbons (Fsp3) is 0. The van der Waals surface area contributed by atoms with Crippen LogP contribution in [0.2, 0.25) is 0 Å². The fourth-order valence-corrected chi connectivity index (χ4v) is 0.596. The molecule has 0 aromatic heterocycles. The Morgan fingerprint density at radius 2 is 2.22 bits per heavy atom. The van der Waals surface area contributed by atoms with Crippen molar-refractivity contribution in [3.05, 3.63) is 24.3 Å². The molecule has 0 amide bonds. The van der Waals surface area contributed by atoms with Crippen LogP contribution in [-0.2, 0) is 0 Å². The molecule has 3 nitrogen and oxygen atoms in total. The normalized spacial score (nSPS) is 9.00. The molecular weight excluding hydrogens is 116 g/mol. The largest absolute Gasteiger partial charge is 0.508 e. The summed E-state index contributed by atoms with van der Waals surface area (Å²) in [5.74, 6) is 5.27. The van der Waals surface area contributed by atoms with Crippen LogP contribution in [0, 0.1) is 0 Å². The van der Waals surface area contributed by atoms with E-state index in [0.717, 1.165) is 0 Å². The lowest BCUT2D eigenvalue weighted by atomic mass is 10.3. The molecule has 0 heterocycles. The maximum Gasteiger partial charge on any atom is 0.117 e. The third-order valence-electron chi connectivity index (χ3n) is 1.01. The SMILES string of the molecule is NNc1cccc(O)c1. The third-order valence-corrected chi connectivity index (χ3v) is 1.01. The lowest BCUT2D eigenvalue weighted by Gasteiger charge is -1.97. The van der Waals surface area contributed by atoms with Crippen molar-refractivity contribution in [3.63, 3.8) is 0 Å². The molecule has 0 radical (unpaired) electrons. The number of aromatic hydroxyl groups is 1. The summed E-state index contributed by atoms with van der Waals surface area (Å²) in [5.41, 5.74) is 3.11. The number of nitrogen functional groups attached to an aromatic ring is 1. The van der Waals surface area contributed by atoms with Crippen LogP contribution in [0.15, 0.2) is 24.3 Å². The molecule has 0 saturated carbocycles. The van der Waals surface area contributed by atoms with Gasteiger partial charge in [0.15, 0.2) is 0 Å². The first-order valence-corrected chi connectivity index (χ1v) is 2.58. The molecule has 4 N–H and O–H groups in total. The fourth-order valence-electron chi connectivity index (χ4n) is 0.596. The Kier molecular flexibility index (Phi) is 1.55. The van der Waals surface area contributed by atoms with E-state index in [1.54, 1.807) is 24.3 Å². The van der Waals surface area contributed by atoms with Crippen molar-refractivity contribution in [2.45, 2.75) is 0 Å². The first-order valence-electron chi connectivity index (χ1n) is 2.58. The van der Waals surface area contributed by atoms with E-state index in [1.165, 1.54) is 0 Å². The second kappa shape index (κ2) is 2.37. The van der Waals surface area contributed by atoms with Crippen molar-refractivity contribution >= 4 is 5.69 Å². The topological polar surface area (TPSA) is 58.3 Å². The van der Waals surface area contributed by atoms with Gasteiger partial charge in [-0.2, -0.15) is 0 Å². The quantitative estimate of drug-likeness (QED) is 0.381. The molecule has 1 aromatic rings. The number of hydrogen-bond donors (Lipinski definition) is 3. The molecule has 0 aliphatic heterocycles. The van der Waals surface area contributed by atoms with Gasteiger partial charge in [-0.15, -0.1) is 0 Å². The molecule has 48 valence electrons. The van der Waals surface area contributed by atoms with E-state index in [2.05, 4.69) is 5.43 Å². The van der Waals surface area contributed by atoms with Gasteiger partial charge in [-0.1, -0.05) is 6.07 Å². The van der Waals surface area contributed by atoms with Crippen LogP contribution in [0.25, 0.3) is 0 Å². The number of hydrogen-bond acceptors (Lipinski definition) is 3. The summed E-state index contributed by atoms with van der Waals surface area (Å²) in [4.78, 5) is 0. The molecule has 3 heteroatoms. The molecule has 1 rings (SSSR count). The summed E-state index contributed by atoms with van der Waals surface area (Å²) >= 11 is 0. The number of phenolic OH excluding ortho intramolecular Hbond substituents is 1. The molecule has 0 bridgehead atoms. The van der Waals surface area contributed by atoms with Crippen LogP contribution in [0.1, 0.15) is 0 Å². The van der Waals surface area contributed by atoms with E-state index in [-0.39, 0.29) is 5.75 Å². The van der Waals surface area contributed by atoms with Gasteiger partial charge in [0.25, 0.3) is 0 Å². The van der Waals surface area contributed by atoms with Gasteiger partial charge in [0.05, 0.1) is 5.69 Å². The van der Waals surface area contributed by atoms with Crippen LogP contribution < -0.4 is 11.3 Å². The lowest BCUT2D eigenvalue weighted by Crippen LogP contribution is -2.05. The van der Waals surface area contributed by atoms with Crippen molar-refractivity contribution in [3.8, 4) is 5.75 Å². The van der Waals surface area contributed by atoms with Crippen molar-refractivity contribution in [1.82, 2.24) is 0 Å². The van der Waals surface area contributed by atoms with Crippen LogP contribution in [0.4, 0.5) is 5.69 Å². The summed E-state index contributed by atoms with van der Waals surface area (Å²) in [7, 11) is 0. The van der Waals surface area contributed by atoms with Crippen LogP contribution in [0.3, 0.4) is 0 Å². The van der Waals surface area contributed by atoms with Gasteiger partial charge in [0.1, 0.15) is 5.75 Å². The Morgan fingerprint density at radius 3 is 2.67 bits per heavy atom. The van der Waals surface area contributed by atoms with Crippen LogP contribution in [-0.4, -0.2) is 5.11 Å². The van der Waals surface area contributed by atoms with Gasteiger partial charge in [-0.25, -0.2) is 0 Å². The Morgan fingerprint density at radius 1 is 1.44 bits per heavy atom. The predicted molar refractivity (Wildman–Crippen MR) is 35.9 cm³/mol. The maximum absolute atomic E-state index is 8.85. The summed E-state index contributed by atoms with van der Waals surface area (Å²) in [6.07, 6.45) is 0. The zero-order valence-electron chi connectivity index (χ0n) is 4.83. The molecule has 0 unspecified atom stereocenters. The molecule has 0 spiro atoms. The summed E-state index contributed by atoms with van der Waals surface area (Å²) in [6, 6.07) is 6.60. The monoisotopic (exact) mass is 124 g/mol. The Hall–Kier alpha value is -1.22. The number of benzene rings is 1. The highest BCUT2D eigenvalue weighted by molar-refractivity contribution is 5.46. The predicted octanol–water partition coefficient (Wildman–Crippen LogP) is 0.678. The van der Waals surface area contributed by atoms with Crippen molar-refractivity contribution in [2.75, 3.05) is 5.43 Å². The average Bonchev–Trinajstić information content (AvgIpc) is 1.88. The second-order valence-corrected chi connectivity index (χ2v) is 1.69. The first kappa shape index (κ1) is 5.91. The first-order chi connectivity index (χ1) is 4.33. The second-order valence-electron chi connectivity index (χ2n) is 1.69. The number of nitrogens with one attached hydrogen (secondary N) is 1. The van der Waals surface area contributed by atoms with Crippen LogP contribution >= 0.6 is 0 Å². The van der Waals surface area contributed by atoms with E-state index in [4.69, 9.17) is 10.9 Å². The zero-order chi connectivity index (χ0) is 6.69. The van der Waals surface area contributed by atoms with Crippen molar-refractivity contribution in [1.29, 1.82) is 0 Å². The van der Waals surface area contributed by atoms with Gasteiger partial charge in [-0.05, 0) is 12.1 Å². The minimum atomic E-state index is 0.213. The molecule has 9 heavy (non-hydrogen) atoms. The molecule has 0 aliphatic rings. The molecular formula is C6H8N2O. The van der Waals surface area contributed by atoms with E-state index < -0.39 is 0 Å². The minimum absolute atomic E-state index is 0.213. The number of nitrogens with two attached hydrogens (primary N) is 1. The number of phenols is 1. The van der Waals surface area contributed by atoms with Gasteiger partial charge < -0.3 is 10.5 Å². The highest BCUT2D eigenvalue weighted by Gasteiger charge is 1.87. The lowest BCUT2D eigenvalue weighted by molar-refractivity contribution is 0.475. The zero-order valence-corrected chi connectivity index (χ0v) is 4.83. The van der Waals surface area contributed by atoms with E-state index >= 15 is 0 Å². The molecule has 0 fully saturated rings. The van der Waals surface area contributed by atoms with E-state index in [1.807, 2.05) is 0 Å². The molecule has 0 atom stereocenters.